The van der Waals surface area contributed by atoms with Gasteiger partial charge in [-0.25, -0.2) is 4.79 Å². The van der Waals surface area contributed by atoms with E-state index in [2.05, 4.69) is 4.84 Å². The molecule has 0 aliphatic carbocycles. The van der Waals surface area contributed by atoms with Crippen LogP contribution in [-0.4, -0.2) is 23.1 Å². The molecular formula is C6H11NO4. The normalized spacial score (nSPS) is 11.9. The Bertz CT molecular complexity index is 155. The van der Waals surface area contributed by atoms with Crippen molar-refractivity contribution < 1.29 is 19.5 Å². The van der Waals surface area contributed by atoms with Gasteiger partial charge in [0, 0.05) is 6.42 Å². The Labute approximate surface area is 64.3 Å². The predicted octanol–water partition coefficient (Wildman–Crippen LogP) is -0.648. The maximum Gasteiger partial charge on any atom is 0.331 e. The molecule has 0 aromatic rings. The minimum absolute atomic E-state index is 0.181. The van der Waals surface area contributed by atoms with Crippen molar-refractivity contribution in [1.29, 1.82) is 0 Å². The van der Waals surface area contributed by atoms with E-state index < -0.39 is 18.0 Å². The van der Waals surface area contributed by atoms with E-state index in [-0.39, 0.29) is 6.42 Å². The topological polar surface area (TPSA) is 75.6 Å². The minimum atomic E-state index is -1.17. The lowest BCUT2D eigenvalue weighted by Gasteiger charge is -2.05. The number of hydrogen-bond acceptors (Lipinski definition) is 4. The fourth-order valence-electron chi connectivity index (χ4n) is 0.265. The van der Waals surface area contributed by atoms with Gasteiger partial charge < -0.3 is 9.94 Å². The van der Waals surface area contributed by atoms with Crippen LogP contribution in [0.15, 0.2) is 0 Å². The standard InChI is InChI=1S/C6H11NO4/c1-3-5(9)11-7-6(10)4(2)8/h4,8H,3H2,1-2H3,(H,7,10)/t4-/m0/s1. The van der Waals surface area contributed by atoms with E-state index in [4.69, 9.17) is 5.11 Å². The maximum absolute atomic E-state index is 10.5. The SMILES string of the molecule is CCC(=O)ONC(=O)[C@H](C)O. The van der Waals surface area contributed by atoms with Gasteiger partial charge in [0.25, 0.3) is 5.91 Å². The molecule has 1 amide bonds. The molecule has 0 aliphatic rings. The molecule has 0 aromatic carbocycles. The summed E-state index contributed by atoms with van der Waals surface area (Å²) >= 11 is 0. The van der Waals surface area contributed by atoms with Gasteiger partial charge in [-0.1, -0.05) is 6.92 Å². The van der Waals surface area contributed by atoms with Crippen LogP contribution in [0.25, 0.3) is 0 Å². The molecule has 0 heterocycles. The second kappa shape index (κ2) is 4.68. The smallest absolute Gasteiger partial charge is 0.331 e. The molecule has 0 bridgehead atoms. The average Bonchev–Trinajstić information content (AvgIpc) is 1.99. The molecule has 0 saturated heterocycles. The molecule has 5 nitrogen and oxygen atoms in total. The average molecular weight is 161 g/mol. The van der Waals surface area contributed by atoms with Gasteiger partial charge in [-0.3, -0.25) is 4.79 Å². The van der Waals surface area contributed by atoms with Crippen LogP contribution in [0, 0.1) is 0 Å². The minimum Gasteiger partial charge on any atom is -0.383 e. The summed E-state index contributed by atoms with van der Waals surface area (Å²) in [4.78, 5) is 25.2. The third-order valence-electron chi connectivity index (χ3n) is 0.934. The number of aliphatic hydroxyl groups is 1. The quantitative estimate of drug-likeness (QED) is 0.528. The van der Waals surface area contributed by atoms with E-state index >= 15 is 0 Å². The number of carbonyl (C=O) groups is 2. The molecule has 5 heteroatoms. The first kappa shape index (κ1) is 9.90. The van der Waals surface area contributed by atoms with Crippen molar-refractivity contribution in [3.63, 3.8) is 0 Å². The lowest BCUT2D eigenvalue weighted by atomic mass is 10.4. The van der Waals surface area contributed by atoms with Crippen LogP contribution in [0.4, 0.5) is 0 Å². The van der Waals surface area contributed by atoms with Crippen molar-refractivity contribution in [3.8, 4) is 0 Å². The second-order valence-corrected chi connectivity index (χ2v) is 1.97. The van der Waals surface area contributed by atoms with Crippen molar-refractivity contribution in [2.45, 2.75) is 26.4 Å². The zero-order valence-corrected chi connectivity index (χ0v) is 6.46. The Morgan fingerprint density at radius 1 is 1.64 bits per heavy atom. The van der Waals surface area contributed by atoms with Gasteiger partial charge in [0.05, 0.1) is 0 Å². The first-order chi connectivity index (χ1) is 5.07. The summed E-state index contributed by atoms with van der Waals surface area (Å²) in [5.74, 6) is -1.27. The molecule has 11 heavy (non-hydrogen) atoms. The van der Waals surface area contributed by atoms with E-state index in [1.807, 2.05) is 0 Å². The van der Waals surface area contributed by atoms with Gasteiger partial charge in [-0.05, 0) is 6.92 Å². The number of carbonyl (C=O) groups excluding carboxylic acids is 2. The molecule has 0 aromatic heterocycles. The molecule has 64 valence electrons. The zero-order chi connectivity index (χ0) is 8.85. The number of aliphatic hydroxyl groups excluding tert-OH is 1. The summed E-state index contributed by atoms with van der Waals surface area (Å²) in [7, 11) is 0. The highest BCUT2D eigenvalue weighted by molar-refractivity contribution is 5.80. The van der Waals surface area contributed by atoms with Gasteiger partial charge in [0.1, 0.15) is 6.10 Å². The largest absolute Gasteiger partial charge is 0.383 e. The molecule has 0 saturated carbocycles. The van der Waals surface area contributed by atoms with Crippen LogP contribution >= 0.6 is 0 Å². The van der Waals surface area contributed by atoms with Gasteiger partial charge in [-0.2, -0.15) is 5.48 Å². The summed E-state index contributed by atoms with van der Waals surface area (Å²) in [5, 5.41) is 8.60. The Morgan fingerprint density at radius 3 is 2.55 bits per heavy atom. The molecule has 1 atom stereocenters. The number of rotatable bonds is 2. The summed E-state index contributed by atoms with van der Waals surface area (Å²) in [6.07, 6.45) is -0.986. The first-order valence-corrected chi connectivity index (χ1v) is 3.25. The van der Waals surface area contributed by atoms with Crippen molar-refractivity contribution in [1.82, 2.24) is 5.48 Å². The molecule has 0 unspecified atom stereocenters. The van der Waals surface area contributed by atoms with Crippen LogP contribution < -0.4 is 5.48 Å². The van der Waals surface area contributed by atoms with Crippen molar-refractivity contribution >= 4 is 11.9 Å². The maximum atomic E-state index is 10.5. The highest BCUT2D eigenvalue weighted by atomic mass is 16.7. The van der Waals surface area contributed by atoms with Crippen LogP contribution in [0.3, 0.4) is 0 Å². The number of nitrogens with one attached hydrogen (secondary N) is 1. The number of hydroxylamine groups is 1. The van der Waals surface area contributed by atoms with E-state index in [0.717, 1.165) is 0 Å². The summed E-state index contributed by atoms with van der Waals surface area (Å²) in [6, 6.07) is 0. The van der Waals surface area contributed by atoms with E-state index in [0.29, 0.717) is 0 Å². The van der Waals surface area contributed by atoms with E-state index in [1.165, 1.54) is 6.92 Å². The molecule has 2 N–H and O–H groups in total. The molecule has 0 rings (SSSR count). The van der Waals surface area contributed by atoms with Crippen molar-refractivity contribution in [3.05, 3.63) is 0 Å². The van der Waals surface area contributed by atoms with E-state index in [1.54, 1.807) is 12.4 Å². The van der Waals surface area contributed by atoms with Gasteiger partial charge in [0.15, 0.2) is 0 Å². The van der Waals surface area contributed by atoms with Crippen molar-refractivity contribution in [2.75, 3.05) is 0 Å². The van der Waals surface area contributed by atoms with Crippen LogP contribution in [0.2, 0.25) is 0 Å². The van der Waals surface area contributed by atoms with Gasteiger partial charge in [-0.15, -0.1) is 0 Å². The monoisotopic (exact) mass is 161 g/mol. The molecule has 0 fully saturated rings. The summed E-state index contributed by atoms with van der Waals surface area (Å²) in [5.41, 5.74) is 1.79. The molecular weight excluding hydrogens is 150 g/mol. The number of hydrogen-bond donors (Lipinski definition) is 2. The summed E-state index contributed by atoms with van der Waals surface area (Å²) < 4.78 is 0. The molecule has 0 spiro atoms. The highest BCUT2D eigenvalue weighted by Crippen LogP contribution is 1.82. The third-order valence-corrected chi connectivity index (χ3v) is 0.934. The second-order valence-electron chi connectivity index (χ2n) is 1.97. The predicted molar refractivity (Wildman–Crippen MR) is 36.2 cm³/mol. The van der Waals surface area contributed by atoms with Gasteiger partial charge >= 0.3 is 5.97 Å². The zero-order valence-electron chi connectivity index (χ0n) is 6.46. The highest BCUT2D eigenvalue weighted by Gasteiger charge is 2.09. The van der Waals surface area contributed by atoms with Crippen LogP contribution in [0.5, 0.6) is 0 Å². The fraction of sp³-hybridized carbons (Fsp3) is 0.667. The van der Waals surface area contributed by atoms with E-state index in [9.17, 15) is 9.59 Å². The van der Waals surface area contributed by atoms with Crippen LogP contribution in [0.1, 0.15) is 20.3 Å². The van der Waals surface area contributed by atoms with Gasteiger partial charge in [0.2, 0.25) is 0 Å². The number of amides is 1. The first-order valence-electron chi connectivity index (χ1n) is 3.25. The fourth-order valence-corrected chi connectivity index (χ4v) is 0.265. The Balaban J connectivity index is 3.54. The third kappa shape index (κ3) is 4.32. The Kier molecular flexibility index (Phi) is 4.21. The Morgan fingerprint density at radius 2 is 2.18 bits per heavy atom. The summed E-state index contributed by atoms with van der Waals surface area (Å²) in [6.45, 7) is 2.87. The molecule has 0 radical (unpaired) electrons. The van der Waals surface area contributed by atoms with Crippen molar-refractivity contribution in [2.24, 2.45) is 0 Å². The molecule has 0 aliphatic heterocycles. The lowest BCUT2D eigenvalue weighted by molar-refractivity contribution is -0.160. The lowest BCUT2D eigenvalue weighted by Crippen LogP contribution is -2.34. The van der Waals surface area contributed by atoms with Crippen LogP contribution in [-0.2, 0) is 14.4 Å². The Hall–Kier alpha value is -1.10.